The number of thiocarbonyl (C=S) groups is 1. The van der Waals surface area contributed by atoms with Gasteiger partial charge in [-0.2, -0.15) is 0 Å². The van der Waals surface area contributed by atoms with E-state index in [4.69, 9.17) is 28.1 Å². The van der Waals surface area contributed by atoms with Crippen molar-refractivity contribution in [3.63, 3.8) is 0 Å². The van der Waals surface area contributed by atoms with Crippen LogP contribution in [0.1, 0.15) is 31.7 Å². The average molecular weight is 382 g/mol. The Labute approximate surface area is 146 Å². The molecule has 0 aromatic heterocycles. The lowest BCUT2D eigenvalue weighted by atomic mass is 10.1. The molecule has 0 saturated carbocycles. The van der Waals surface area contributed by atoms with Gasteiger partial charge in [0.25, 0.3) is 0 Å². The molecule has 0 bridgehead atoms. The summed E-state index contributed by atoms with van der Waals surface area (Å²) in [5, 5.41) is 0. The Morgan fingerprint density at radius 2 is 2.05 bits per heavy atom. The van der Waals surface area contributed by atoms with Gasteiger partial charge in [0.1, 0.15) is 11.6 Å². The lowest BCUT2D eigenvalue weighted by molar-refractivity contribution is 0.297. The van der Waals surface area contributed by atoms with E-state index < -0.39 is 0 Å². The molecule has 118 valence electrons. The van der Waals surface area contributed by atoms with Crippen LogP contribution in [0.5, 0.6) is 11.5 Å². The van der Waals surface area contributed by atoms with Crippen molar-refractivity contribution in [1.29, 1.82) is 0 Å². The minimum absolute atomic E-state index is 0.203. The molecule has 0 amide bonds. The largest absolute Gasteiger partial charge is 0.490 e. The Hall–Kier alpha value is -1.25. The van der Waals surface area contributed by atoms with Gasteiger partial charge in [-0.25, -0.2) is 0 Å². The number of hydrogen-bond acceptors (Lipinski definition) is 3. The van der Waals surface area contributed by atoms with Crippen LogP contribution >= 0.6 is 28.1 Å². The fourth-order valence-electron chi connectivity index (χ4n) is 2.49. The van der Waals surface area contributed by atoms with Gasteiger partial charge in [0, 0.05) is 18.7 Å². The van der Waals surface area contributed by atoms with Gasteiger partial charge in [-0.1, -0.05) is 18.1 Å². The Morgan fingerprint density at radius 1 is 1.32 bits per heavy atom. The number of rotatable bonds is 5. The van der Waals surface area contributed by atoms with Crippen molar-refractivity contribution in [2.75, 3.05) is 26.3 Å². The van der Waals surface area contributed by atoms with Crippen molar-refractivity contribution in [2.45, 2.75) is 26.2 Å². The third-order valence-corrected chi connectivity index (χ3v) is 4.58. The first-order valence-electron chi connectivity index (χ1n) is 7.49. The standard InChI is InChI=1S/C17H20BrNO2S/c1-3-10-21-16-14(18)11-13(12-15(16)20-4-2)17(22)19-8-6-5-7-9-19/h1,11-12H,4-10H2,2H3. The molecule has 5 heteroatoms. The van der Waals surface area contributed by atoms with Crippen LogP contribution in [0, 0.1) is 12.3 Å². The van der Waals surface area contributed by atoms with E-state index in [9.17, 15) is 0 Å². The fraction of sp³-hybridized carbons (Fsp3) is 0.471. The highest BCUT2D eigenvalue weighted by atomic mass is 79.9. The maximum Gasteiger partial charge on any atom is 0.176 e. The van der Waals surface area contributed by atoms with Gasteiger partial charge in [0.15, 0.2) is 11.5 Å². The average Bonchev–Trinajstić information content (AvgIpc) is 2.54. The highest BCUT2D eigenvalue weighted by molar-refractivity contribution is 9.10. The summed E-state index contributed by atoms with van der Waals surface area (Å²) in [6, 6.07) is 3.92. The van der Waals surface area contributed by atoms with Gasteiger partial charge >= 0.3 is 0 Å². The second-order valence-corrected chi connectivity index (χ2v) is 6.31. The highest BCUT2D eigenvalue weighted by Crippen LogP contribution is 2.37. The van der Waals surface area contributed by atoms with Crippen LogP contribution in [-0.4, -0.2) is 36.2 Å². The predicted octanol–water partition coefficient (Wildman–Crippen LogP) is 4.02. The number of benzene rings is 1. The molecular weight excluding hydrogens is 362 g/mol. The molecule has 3 nitrogen and oxygen atoms in total. The number of piperidine rings is 1. The van der Waals surface area contributed by atoms with Crippen LogP contribution in [0.15, 0.2) is 16.6 Å². The summed E-state index contributed by atoms with van der Waals surface area (Å²) in [4.78, 5) is 3.13. The molecule has 1 fully saturated rings. The monoisotopic (exact) mass is 381 g/mol. The number of terminal acetylenes is 1. The van der Waals surface area contributed by atoms with Crippen LogP contribution in [0.4, 0.5) is 0 Å². The molecule has 1 saturated heterocycles. The number of nitrogens with zero attached hydrogens (tertiary/aromatic N) is 1. The van der Waals surface area contributed by atoms with E-state index in [-0.39, 0.29) is 6.61 Å². The number of hydrogen-bond donors (Lipinski definition) is 0. The Kier molecular flexibility index (Phi) is 6.53. The molecule has 0 N–H and O–H groups in total. The van der Waals surface area contributed by atoms with E-state index in [1.54, 1.807) is 0 Å². The van der Waals surface area contributed by atoms with E-state index in [1.165, 1.54) is 19.3 Å². The third kappa shape index (κ3) is 4.15. The Bertz CT molecular complexity index is 577. The lowest BCUT2D eigenvalue weighted by Crippen LogP contribution is -2.34. The zero-order chi connectivity index (χ0) is 15.9. The molecule has 0 spiro atoms. The molecule has 22 heavy (non-hydrogen) atoms. The van der Waals surface area contributed by atoms with Crippen LogP contribution in [-0.2, 0) is 0 Å². The van der Waals surface area contributed by atoms with Crippen LogP contribution in [0.2, 0.25) is 0 Å². The molecule has 1 aromatic rings. The molecule has 1 aliphatic heterocycles. The molecule has 2 rings (SSSR count). The van der Waals surface area contributed by atoms with Crippen LogP contribution in [0.25, 0.3) is 0 Å². The molecular formula is C17H20BrNO2S. The maximum absolute atomic E-state index is 5.69. The number of ether oxygens (including phenoxy) is 2. The molecule has 1 heterocycles. The van der Waals surface area contributed by atoms with Gasteiger partial charge in [0.2, 0.25) is 0 Å². The first-order chi connectivity index (χ1) is 10.7. The zero-order valence-electron chi connectivity index (χ0n) is 12.7. The summed E-state index contributed by atoms with van der Waals surface area (Å²) >= 11 is 9.19. The van der Waals surface area contributed by atoms with Crippen molar-refractivity contribution in [3.05, 3.63) is 22.2 Å². The molecule has 1 aromatic carbocycles. The van der Waals surface area contributed by atoms with Crippen molar-refractivity contribution in [1.82, 2.24) is 4.90 Å². The van der Waals surface area contributed by atoms with E-state index in [0.29, 0.717) is 18.1 Å². The van der Waals surface area contributed by atoms with Crippen molar-refractivity contribution >= 4 is 33.1 Å². The third-order valence-electron chi connectivity index (χ3n) is 3.50. The second-order valence-electron chi connectivity index (χ2n) is 5.06. The van der Waals surface area contributed by atoms with Gasteiger partial charge < -0.3 is 14.4 Å². The fourth-order valence-corrected chi connectivity index (χ4v) is 3.34. The SMILES string of the molecule is C#CCOc1c(Br)cc(C(=S)N2CCCCC2)cc1OCC. The normalized spacial score (nSPS) is 14.3. The van der Waals surface area contributed by atoms with Crippen molar-refractivity contribution in [3.8, 4) is 23.8 Å². The number of likely N-dealkylation sites (tertiary alicyclic amines) is 1. The Morgan fingerprint density at radius 3 is 2.68 bits per heavy atom. The quantitative estimate of drug-likeness (QED) is 0.567. The minimum atomic E-state index is 0.203. The highest BCUT2D eigenvalue weighted by Gasteiger charge is 2.19. The lowest BCUT2D eigenvalue weighted by Gasteiger charge is -2.29. The van der Waals surface area contributed by atoms with Gasteiger partial charge in [-0.05, 0) is 54.2 Å². The minimum Gasteiger partial charge on any atom is -0.490 e. The summed E-state index contributed by atoms with van der Waals surface area (Å²) in [5.41, 5.74) is 0.972. The van der Waals surface area contributed by atoms with Crippen molar-refractivity contribution < 1.29 is 9.47 Å². The molecule has 0 unspecified atom stereocenters. The van der Waals surface area contributed by atoms with Gasteiger partial charge in [0.05, 0.1) is 11.1 Å². The second kappa shape index (κ2) is 8.40. The van der Waals surface area contributed by atoms with E-state index >= 15 is 0 Å². The van der Waals surface area contributed by atoms with Crippen molar-refractivity contribution in [2.24, 2.45) is 0 Å². The van der Waals surface area contributed by atoms with Crippen LogP contribution < -0.4 is 9.47 Å². The maximum atomic E-state index is 5.69. The molecule has 0 aliphatic carbocycles. The van der Waals surface area contributed by atoms with Gasteiger partial charge in [-0.15, -0.1) is 6.42 Å². The zero-order valence-corrected chi connectivity index (χ0v) is 15.1. The molecule has 0 atom stereocenters. The van der Waals surface area contributed by atoms with Gasteiger partial charge in [-0.3, -0.25) is 0 Å². The summed E-state index contributed by atoms with van der Waals surface area (Å²) in [5.74, 6) is 3.77. The van der Waals surface area contributed by atoms with E-state index in [2.05, 4.69) is 26.8 Å². The molecule has 1 aliphatic rings. The number of halogens is 1. The summed E-state index contributed by atoms with van der Waals surface area (Å²) < 4.78 is 12.1. The topological polar surface area (TPSA) is 21.7 Å². The Balaban J connectivity index is 2.28. The first-order valence-corrected chi connectivity index (χ1v) is 8.69. The summed E-state index contributed by atoms with van der Waals surface area (Å²) in [6.45, 7) is 4.74. The first kappa shape index (κ1) is 17.1. The van der Waals surface area contributed by atoms with E-state index in [0.717, 1.165) is 28.1 Å². The summed E-state index contributed by atoms with van der Waals surface area (Å²) in [6.07, 6.45) is 8.95. The molecule has 0 radical (unpaired) electrons. The summed E-state index contributed by atoms with van der Waals surface area (Å²) in [7, 11) is 0. The van der Waals surface area contributed by atoms with E-state index in [1.807, 2.05) is 19.1 Å². The smallest absolute Gasteiger partial charge is 0.176 e. The predicted molar refractivity (Wildman–Crippen MR) is 96.8 cm³/mol. The van der Waals surface area contributed by atoms with Crippen LogP contribution in [0.3, 0.4) is 0 Å².